The van der Waals surface area contributed by atoms with Gasteiger partial charge in [0.25, 0.3) is 0 Å². The summed E-state index contributed by atoms with van der Waals surface area (Å²) in [5.74, 6) is 0. The van der Waals surface area contributed by atoms with Crippen molar-refractivity contribution in [2.24, 2.45) is 5.41 Å². The second-order valence-corrected chi connectivity index (χ2v) is 4.18. The van der Waals surface area contributed by atoms with Gasteiger partial charge in [-0.2, -0.15) is 0 Å². The van der Waals surface area contributed by atoms with Gasteiger partial charge in [-0.1, -0.05) is 15.9 Å². The average Bonchev–Trinajstić information content (AvgIpc) is 2.39. The van der Waals surface area contributed by atoms with Crippen LogP contribution in [0.15, 0.2) is 0 Å². The number of alkyl halides is 3. The molecule has 2 aliphatic heterocycles. The number of hydrogen-bond donors (Lipinski definition) is 0. The third-order valence-electron chi connectivity index (χ3n) is 2.72. The summed E-state index contributed by atoms with van der Waals surface area (Å²) in [4.78, 5) is 0. The van der Waals surface area contributed by atoms with Crippen LogP contribution in [0.2, 0.25) is 0 Å². The number of hydrogen-bond acceptors (Lipinski definition) is 1. The molecule has 0 aromatic carbocycles. The molecule has 64 valence electrons. The van der Waals surface area contributed by atoms with Crippen LogP contribution in [0, 0.1) is 5.41 Å². The molecule has 1 aliphatic carbocycles. The molecule has 0 N–H and O–H groups in total. The highest BCUT2D eigenvalue weighted by Crippen LogP contribution is 2.61. The first-order valence-electron chi connectivity index (χ1n) is 3.61. The summed E-state index contributed by atoms with van der Waals surface area (Å²) in [5, 5.41) is 0.689. The largest absolute Gasteiger partial charge is 0.373 e. The maximum absolute atomic E-state index is 12.4. The lowest BCUT2D eigenvalue weighted by atomic mass is 9.63. The molecule has 0 radical (unpaired) electrons. The Labute approximate surface area is 72.2 Å². The van der Waals surface area contributed by atoms with Gasteiger partial charge in [0.05, 0.1) is 17.6 Å². The number of ether oxygens (including phenoxy) is 1. The predicted molar refractivity (Wildman–Crippen MR) is 40.1 cm³/mol. The molecule has 3 rings (SSSR count). The first-order chi connectivity index (χ1) is 5.13. The molecule has 3 fully saturated rings. The van der Waals surface area contributed by atoms with Gasteiger partial charge in [-0.3, -0.25) is 0 Å². The van der Waals surface area contributed by atoms with E-state index < -0.39 is 11.8 Å². The lowest BCUT2D eigenvalue weighted by Gasteiger charge is -2.42. The lowest BCUT2D eigenvalue weighted by molar-refractivity contribution is -0.0627. The molecule has 11 heavy (non-hydrogen) atoms. The Morgan fingerprint density at radius 2 is 2.09 bits per heavy atom. The molecule has 0 atom stereocenters. The van der Waals surface area contributed by atoms with Gasteiger partial charge in [0, 0.05) is 5.33 Å². The zero-order chi connectivity index (χ0) is 8.11. The Hall–Kier alpha value is 0.300. The van der Waals surface area contributed by atoms with Crippen LogP contribution in [0.4, 0.5) is 8.78 Å². The van der Waals surface area contributed by atoms with Gasteiger partial charge < -0.3 is 4.74 Å². The third kappa shape index (κ3) is 0.886. The van der Waals surface area contributed by atoms with Gasteiger partial charge in [0.2, 0.25) is 6.43 Å². The smallest absolute Gasteiger partial charge is 0.246 e. The molecule has 1 nitrogen and oxygen atoms in total. The average molecular weight is 227 g/mol. The van der Waals surface area contributed by atoms with E-state index in [0.717, 1.165) is 0 Å². The Morgan fingerprint density at radius 3 is 2.36 bits per heavy atom. The van der Waals surface area contributed by atoms with Gasteiger partial charge in [0.15, 0.2) is 0 Å². The van der Waals surface area contributed by atoms with Crippen molar-refractivity contribution in [2.75, 3.05) is 11.9 Å². The van der Waals surface area contributed by atoms with Gasteiger partial charge >= 0.3 is 0 Å². The van der Waals surface area contributed by atoms with E-state index in [-0.39, 0.29) is 12.2 Å². The normalized spacial score (nSPS) is 48.0. The topological polar surface area (TPSA) is 9.23 Å². The minimum atomic E-state index is -2.21. The van der Waals surface area contributed by atoms with E-state index in [0.29, 0.717) is 18.2 Å². The summed E-state index contributed by atoms with van der Waals surface area (Å²) in [6.45, 7) is 0.246. The van der Waals surface area contributed by atoms with Crippen LogP contribution in [0.3, 0.4) is 0 Å². The number of rotatable bonds is 2. The summed E-state index contributed by atoms with van der Waals surface area (Å²) in [6.07, 6.45) is -1.15. The second kappa shape index (κ2) is 2.16. The summed E-state index contributed by atoms with van der Waals surface area (Å²) in [5.41, 5.74) is -1.02. The summed E-state index contributed by atoms with van der Waals surface area (Å²) in [7, 11) is 0. The first-order valence-corrected chi connectivity index (χ1v) is 4.73. The van der Waals surface area contributed by atoms with E-state index >= 15 is 0 Å². The zero-order valence-corrected chi connectivity index (χ0v) is 7.53. The second-order valence-electron chi connectivity index (χ2n) is 3.62. The number of fused-ring (bicyclic) bond motifs is 1. The molecule has 2 saturated heterocycles. The van der Waals surface area contributed by atoms with Crippen LogP contribution in [0.5, 0.6) is 0 Å². The highest BCUT2D eigenvalue weighted by atomic mass is 79.9. The van der Waals surface area contributed by atoms with Crippen molar-refractivity contribution in [3.63, 3.8) is 0 Å². The van der Waals surface area contributed by atoms with Crippen LogP contribution >= 0.6 is 15.9 Å². The molecule has 4 heteroatoms. The van der Waals surface area contributed by atoms with Crippen molar-refractivity contribution >= 4 is 15.9 Å². The SMILES string of the molecule is FC(F)C12COC(CBr)(C1)C2. The van der Waals surface area contributed by atoms with E-state index in [1.807, 2.05) is 0 Å². The molecule has 0 aromatic rings. The Kier molecular flexibility index (Phi) is 1.56. The van der Waals surface area contributed by atoms with Crippen molar-refractivity contribution in [1.29, 1.82) is 0 Å². The van der Waals surface area contributed by atoms with E-state index in [1.165, 1.54) is 0 Å². The molecular weight excluding hydrogens is 218 g/mol. The van der Waals surface area contributed by atoms with E-state index in [1.54, 1.807) is 0 Å². The summed E-state index contributed by atoms with van der Waals surface area (Å²) >= 11 is 3.27. The van der Waals surface area contributed by atoms with Crippen molar-refractivity contribution in [1.82, 2.24) is 0 Å². The quantitative estimate of drug-likeness (QED) is 0.657. The first kappa shape index (κ1) is 7.92. The molecular formula is C7H9BrF2O. The lowest BCUT2D eigenvalue weighted by Crippen LogP contribution is -2.49. The molecule has 2 heterocycles. The molecule has 0 unspecified atom stereocenters. The van der Waals surface area contributed by atoms with Crippen LogP contribution in [-0.4, -0.2) is 24.0 Å². The highest BCUT2D eigenvalue weighted by molar-refractivity contribution is 9.09. The molecule has 0 spiro atoms. The van der Waals surface area contributed by atoms with Gasteiger partial charge in [-0.05, 0) is 12.8 Å². The fourth-order valence-corrected chi connectivity index (χ4v) is 2.64. The Morgan fingerprint density at radius 1 is 1.45 bits per heavy atom. The summed E-state index contributed by atoms with van der Waals surface area (Å²) in [6, 6.07) is 0. The summed E-state index contributed by atoms with van der Waals surface area (Å²) < 4.78 is 30.0. The molecule has 0 amide bonds. The minimum Gasteiger partial charge on any atom is -0.373 e. The maximum Gasteiger partial charge on any atom is 0.246 e. The Bertz CT molecular complexity index is 177. The predicted octanol–water partition coefficient (Wildman–Crippen LogP) is 2.20. The number of halogens is 3. The van der Waals surface area contributed by atoms with E-state index in [2.05, 4.69) is 15.9 Å². The highest BCUT2D eigenvalue weighted by Gasteiger charge is 2.66. The maximum atomic E-state index is 12.4. The third-order valence-corrected chi connectivity index (χ3v) is 3.74. The van der Waals surface area contributed by atoms with Crippen LogP contribution in [-0.2, 0) is 4.74 Å². The fraction of sp³-hybridized carbons (Fsp3) is 1.00. The van der Waals surface area contributed by atoms with Crippen molar-refractivity contribution < 1.29 is 13.5 Å². The molecule has 1 saturated carbocycles. The van der Waals surface area contributed by atoms with Crippen molar-refractivity contribution in [3.05, 3.63) is 0 Å². The van der Waals surface area contributed by atoms with E-state index in [4.69, 9.17) is 4.74 Å². The van der Waals surface area contributed by atoms with Gasteiger partial charge in [-0.15, -0.1) is 0 Å². The van der Waals surface area contributed by atoms with E-state index in [9.17, 15) is 8.78 Å². The minimum absolute atomic E-state index is 0.240. The van der Waals surface area contributed by atoms with Gasteiger partial charge in [0.1, 0.15) is 0 Å². The molecule has 2 bridgehead atoms. The van der Waals surface area contributed by atoms with Crippen molar-refractivity contribution in [3.8, 4) is 0 Å². The van der Waals surface area contributed by atoms with Gasteiger partial charge in [-0.25, -0.2) is 8.78 Å². The monoisotopic (exact) mass is 226 g/mol. The van der Waals surface area contributed by atoms with Crippen LogP contribution in [0.1, 0.15) is 12.8 Å². The standard InChI is InChI=1S/C7H9BrF2O/c8-3-7-1-6(2-7,4-11-7)5(9)10/h5H,1-4H2. The zero-order valence-electron chi connectivity index (χ0n) is 5.95. The fourth-order valence-electron chi connectivity index (χ4n) is 2.08. The van der Waals surface area contributed by atoms with Crippen molar-refractivity contribution in [2.45, 2.75) is 24.9 Å². The molecule has 0 aromatic heterocycles. The van der Waals surface area contributed by atoms with Crippen LogP contribution < -0.4 is 0 Å². The van der Waals surface area contributed by atoms with Crippen LogP contribution in [0.25, 0.3) is 0 Å². The molecule has 3 aliphatic rings. The Balaban J connectivity index is 2.08.